The number of carbonyl (C=O) groups is 2. The number of hydrogen-bond acceptors (Lipinski definition) is 4. The molecule has 4 aromatic carbocycles. The monoisotopic (exact) mass is 599 g/mol. The first kappa shape index (κ1) is 30.6. The predicted octanol–water partition coefficient (Wildman–Crippen LogP) is 8.59. The summed E-state index contributed by atoms with van der Waals surface area (Å²) in [6, 6.07) is 28.7. The maximum absolute atomic E-state index is 14.2. The van der Waals surface area contributed by atoms with Crippen LogP contribution in [0.3, 0.4) is 0 Å². The molecular weight excluding hydrogens is 567 g/mol. The Labute approximate surface area is 254 Å². The Morgan fingerprint density at radius 1 is 0.932 bits per heavy atom. The van der Waals surface area contributed by atoms with E-state index >= 15 is 0 Å². The molecule has 1 fully saturated rings. The molecule has 2 amide bonds. The Morgan fingerprint density at radius 2 is 1.57 bits per heavy atom. The molecule has 0 radical (unpaired) electrons. The number of hydrogen-bond donors (Lipinski definition) is 0. The molecule has 0 saturated carbocycles. The van der Waals surface area contributed by atoms with Gasteiger partial charge in [-0.05, 0) is 71.8 Å². The van der Waals surface area contributed by atoms with Gasteiger partial charge in [-0.2, -0.15) is 13.2 Å². The second-order valence-corrected chi connectivity index (χ2v) is 11.0. The topological polar surface area (TPSA) is 55.8 Å². The van der Waals surface area contributed by atoms with Gasteiger partial charge in [0.05, 0.1) is 17.5 Å². The molecule has 4 aromatic rings. The Kier molecular flexibility index (Phi) is 9.18. The van der Waals surface area contributed by atoms with Gasteiger partial charge in [-0.1, -0.05) is 84.4 Å². The molecule has 1 aliphatic heterocycles. The number of rotatable bonds is 10. The van der Waals surface area contributed by atoms with Crippen molar-refractivity contribution in [3.63, 3.8) is 0 Å². The van der Waals surface area contributed by atoms with Crippen molar-refractivity contribution in [1.29, 1.82) is 0 Å². The third-order valence-electron chi connectivity index (χ3n) is 7.49. The molecule has 0 aromatic heterocycles. The Morgan fingerprint density at radius 3 is 2.18 bits per heavy atom. The summed E-state index contributed by atoms with van der Waals surface area (Å²) < 4.78 is 51.3. The van der Waals surface area contributed by atoms with E-state index in [1.165, 1.54) is 17.0 Å². The summed E-state index contributed by atoms with van der Waals surface area (Å²) in [4.78, 5) is 28.3. The minimum absolute atomic E-state index is 0.0797. The summed E-state index contributed by atoms with van der Waals surface area (Å²) in [5.41, 5.74) is 3.50. The lowest BCUT2D eigenvalue weighted by Crippen LogP contribution is -2.43. The van der Waals surface area contributed by atoms with Crippen LogP contribution in [0.25, 0.3) is 11.1 Å². The molecule has 8 heteroatoms. The van der Waals surface area contributed by atoms with E-state index in [1.54, 1.807) is 25.1 Å². The summed E-state index contributed by atoms with van der Waals surface area (Å²) in [5.74, 6) is -0.814. The standard InChI is InChI=1S/C36H32F3NO4/c1-24(2)17-33(34(41)40-31(23-44-35(40)42)18-25-9-5-3-6-10-25)29-19-28(27-13-15-30(16-14-27)36(37,38)39)20-32(21-29)43-22-26-11-7-4-8-12-26/h3-16,19-21,31,33H,1,17-18,22-23H2,2H3/t31-,33-/m0/s1. The number of halogens is 3. The zero-order valence-corrected chi connectivity index (χ0v) is 24.2. The van der Waals surface area contributed by atoms with Crippen molar-refractivity contribution >= 4 is 12.0 Å². The molecule has 0 N–H and O–H groups in total. The van der Waals surface area contributed by atoms with E-state index in [0.717, 1.165) is 28.8 Å². The smallest absolute Gasteiger partial charge is 0.417 e. The first-order valence-electron chi connectivity index (χ1n) is 14.3. The number of alkyl halides is 3. The molecule has 0 bridgehead atoms. The van der Waals surface area contributed by atoms with Crippen LogP contribution >= 0.6 is 0 Å². The van der Waals surface area contributed by atoms with E-state index in [4.69, 9.17) is 9.47 Å². The summed E-state index contributed by atoms with van der Waals surface area (Å²) in [7, 11) is 0. The Bertz CT molecular complexity index is 1620. The second kappa shape index (κ2) is 13.2. The lowest BCUT2D eigenvalue weighted by atomic mass is 9.88. The molecule has 1 aliphatic rings. The van der Waals surface area contributed by atoms with Crippen LogP contribution in [-0.2, 0) is 28.7 Å². The summed E-state index contributed by atoms with van der Waals surface area (Å²) >= 11 is 0. The van der Waals surface area contributed by atoms with E-state index in [0.29, 0.717) is 28.9 Å². The third kappa shape index (κ3) is 7.37. The number of benzene rings is 4. The fourth-order valence-electron chi connectivity index (χ4n) is 5.30. The van der Waals surface area contributed by atoms with E-state index in [-0.39, 0.29) is 19.6 Å². The summed E-state index contributed by atoms with van der Waals surface area (Å²) in [6.07, 6.45) is -4.49. The minimum atomic E-state index is -4.47. The fraction of sp³-hybridized carbons (Fsp3) is 0.222. The van der Waals surface area contributed by atoms with Crippen molar-refractivity contribution in [2.45, 2.75) is 44.5 Å². The van der Waals surface area contributed by atoms with Crippen molar-refractivity contribution in [3.05, 3.63) is 138 Å². The Hall–Kier alpha value is -4.85. The highest BCUT2D eigenvalue weighted by atomic mass is 19.4. The molecule has 1 saturated heterocycles. The SMILES string of the molecule is C=C(C)C[C@H](C(=O)N1C(=O)OC[C@@H]1Cc1ccccc1)c1cc(OCc2ccccc2)cc(-c2ccc(C(F)(F)F)cc2)c1. The lowest BCUT2D eigenvalue weighted by molar-refractivity contribution is -0.137. The van der Waals surface area contributed by atoms with Gasteiger partial charge in [0.15, 0.2) is 0 Å². The Balaban J connectivity index is 1.52. The quantitative estimate of drug-likeness (QED) is 0.171. The van der Waals surface area contributed by atoms with E-state index in [2.05, 4.69) is 6.58 Å². The zero-order valence-electron chi connectivity index (χ0n) is 24.2. The van der Waals surface area contributed by atoms with Crippen molar-refractivity contribution in [1.82, 2.24) is 4.90 Å². The van der Waals surface area contributed by atoms with Crippen LogP contribution in [-0.4, -0.2) is 29.5 Å². The first-order chi connectivity index (χ1) is 21.1. The number of cyclic esters (lactones) is 1. The molecule has 0 aliphatic carbocycles. The van der Waals surface area contributed by atoms with Crippen LogP contribution in [0, 0.1) is 0 Å². The van der Waals surface area contributed by atoms with Crippen molar-refractivity contribution in [2.75, 3.05) is 6.61 Å². The molecule has 1 heterocycles. The van der Waals surface area contributed by atoms with Gasteiger partial charge in [-0.3, -0.25) is 4.79 Å². The van der Waals surface area contributed by atoms with Crippen molar-refractivity contribution in [3.8, 4) is 16.9 Å². The number of amides is 2. The lowest BCUT2D eigenvalue weighted by Gasteiger charge is -2.26. The number of carbonyl (C=O) groups excluding carboxylic acids is 2. The summed E-state index contributed by atoms with van der Waals surface area (Å²) in [5, 5.41) is 0. The highest BCUT2D eigenvalue weighted by Gasteiger charge is 2.41. The van der Waals surface area contributed by atoms with Crippen LogP contribution in [0.5, 0.6) is 5.75 Å². The molecule has 0 spiro atoms. The maximum Gasteiger partial charge on any atom is 0.417 e. The highest BCUT2D eigenvalue weighted by Crippen LogP contribution is 2.36. The van der Waals surface area contributed by atoms with Crippen LogP contribution < -0.4 is 4.74 Å². The number of nitrogens with zero attached hydrogens (tertiary/aromatic N) is 1. The van der Waals surface area contributed by atoms with Gasteiger partial charge in [0, 0.05) is 0 Å². The third-order valence-corrected chi connectivity index (χ3v) is 7.49. The molecule has 5 rings (SSSR count). The predicted molar refractivity (Wildman–Crippen MR) is 162 cm³/mol. The van der Waals surface area contributed by atoms with E-state index in [1.807, 2.05) is 60.7 Å². The molecule has 226 valence electrons. The number of ether oxygens (including phenoxy) is 2. The van der Waals surface area contributed by atoms with Gasteiger partial charge in [0.1, 0.15) is 19.0 Å². The van der Waals surface area contributed by atoms with Gasteiger partial charge in [0.25, 0.3) is 0 Å². The second-order valence-electron chi connectivity index (χ2n) is 11.0. The van der Waals surface area contributed by atoms with Crippen LogP contribution in [0.1, 0.15) is 41.5 Å². The average Bonchev–Trinajstić information content (AvgIpc) is 3.38. The maximum atomic E-state index is 14.2. The van der Waals surface area contributed by atoms with Gasteiger partial charge in [-0.15, -0.1) is 6.58 Å². The van der Waals surface area contributed by atoms with Crippen LogP contribution in [0.15, 0.2) is 115 Å². The van der Waals surface area contributed by atoms with Gasteiger partial charge < -0.3 is 9.47 Å². The van der Waals surface area contributed by atoms with Crippen LogP contribution in [0.4, 0.5) is 18.0 Å². The molecule has 44 heavy (non-hydrogen) atoms. The van der Waals surface area contributed by atoms with Crippen LogP contribution in [0.2, 0.25) is 0 Å². The fourth-order valence-corrected chi connectivity index (χ4v) is 5.30. The van der Waals surface area contributed by atoms with E-state index < -0.39 is 35.7 Å². The summed E-state index contributed by atoms with van der Waals surface area (Å²) in [6.45, 7) is 6.15. The molecule has 0 unspecified atom stereocenters. The first-order valence-corrected chi connectivity index (χ1v) is 14.3. The largest absolute Gasteiger partial charge is 0.489 e. The average molecular weight is 600 g/mol. The van der Waals surface area contributed by atoms with Crippen molar-refractivity contribution < 1.29 is 32.2 Å². The molecule has 5 nitrogen and oxygen atoms in total. The zero-order chi connectivity index (χ0) is 31.3. The number of imide groups is 1. The van der Waals surface area contributed by atoms with Gasteiger partial charge in [0.2, 0.25) is 5.91 Å². The van der Waals surface area contributed by atoms with Gasteiger partial charge >= 0.3 is 12.3 Å². The van der Waals surface area contributed by atoms with E-state index in [9.17, 15) is 22.8 Å². The van der Waals surface area contributed by atoms with Crippen molar-refractivity contribution in [2.24, 2.45) is 0 Å². The van der Waals surface area contributed by atoms with Gasteiger partial charge in [-0.25, -0.2) is 9.69 Å². The molecule has 2 atom stereocenters. The normalized spacial score (nSPS) is 15.5. The molecular formula is C36H32F3NO4. The number of allylic oxidation sites excluding steroid dienone is 1. The highest BCUT2D eigenvalue weighted by molar-refractivity contribution is 5.97. The minimum Gasteiger partial charge on any atom is -0.489 e.